The van der Waals surface area contributed by atoms with Gasteiger partial charge in [0.1, 0.15) is 5.82 Å². The molecule has 0 unspecified atom stereocenters. The van der Waals surface area contributed by atoms with E-state index in [1.54, 1.807) is 17.9 Å². The summed E-state index contributed by atoms with van der Waals surface area (Å²) in [6.45, 7) is 11.9. The van der Waals surface area contributed by atoms with Crippen LogP contribution in [-0.2, 0) is 10.0 Å². The summed E-state index contributed by atoms with van der Waals surface area (Å²) in [6.07, 6.45) is 0. The third-order valence-corrected chi connectivity index (χ3v) is 8.19. The Kier molecular flexibility index (Phi) is 7.40. The van der Waals surface area contributed by atoms with Crippen molar-refractivity contribution in [1.29, 1.82) is 5.26 Å². The van der Waals surface area contributed by atoms with Crippen molar-refractivity contribution in [2.24, 2.45) is 0 Å². The number of anilines is 1. The van der Waals surface area contributed by atoms with Crippen molar-refractivity contribution in [3.05, 3.63) is 52.7 Å². The normalized spacial score (nSPS) is 17.0. The minimum absolute atomic E-state index is 0.134. The van der Waals surface area contributed by atoms with Crippen LogP contribution in [0.15, 0.2) is 35.2 Å². The molecule has 1 saturated heterocycles. The van der Waals surface area contributed by atoms with E-state index in [2.05, 4.69) is 23.7 Å². The molecular formula is C24H31N5O3S. The molecule has 0 saturated carbocycles. The lowest BCUT2D eigenvalue weighted by atomic mass is 10.1. The highest BCUT2D eigenvalue weighted by molar-refractivity contribution is 7.89. The third kappa shape index (κ3) is 4.87. The summed E-state index contributed by atoms with van der Waals surface area (Å²) in [7, 11) is -3.73. The van der Waals surface area contributed by atoms with E-state index in [-0.39, 0.29) is 29.9 Å². The van der Waals surface area contributed by atoms with Crippen LogP contribution in [0.2, 0.25) is 0 Å². The first kappa shape index (κ1) is 24.7. The number of aryl methyl sites for hydroxylation is 2. The molecule has 0 radical (unpaired) electrons. The van der Waals surface area contributed by atoms with Crippen LogP contribution in [0.3, 0.4) is 0 Å². The van der Waals surface area contributed by atoms with Crippen molar-refractivity contribution in [2.45, 2.75) is 45.6 Å². The number of carbonyl (C=O) groups is 1. The Hall–Kier alpha value is -2.96. The second-order valence-electron chi connectivity index (χ2n) is 8.28. The summed E-state index contributed by atoms with van der Waals surface area (Å²) in [4.78, 5) is 21.9. The number of nitriles is 1. The van der Waals surface area contributed by atoms with E-state index in [9.17, 15) is 13.2 Å². The molecule has 9 heteroatoms. The van der Waals surface area contributed by atoms with E-state index in [1.807, 2.05) is 32.0 Å². The Labute approximate surface area is 196 Å². The van der Waals surface area contributed by atoms with Crippen LogP contribution in [-0.4, -0.2) is 67.3 Å². The molecule has 0 aliphatic carbocycles. The van der Waals surface area contributed by atoms with Gasteiger partial charge in [0, 0.05) is 38.8 Å². The maximum atomic E-state index is 13.3. The smallest absolute Gasteiger partial charge is 0.256 e. The molecule has 1 aliphatic heterocycles. The van der Waals surface area contributed by atoms with Gasteiger partial charge in [0.2, 0.25) is 10.0 Å². The number of aromatic nitrogens is 1. The largest absolute Gasteiger partial charge is 0.357 e. The molecule has 3 rings (SSSR count). The average molecular weight is 470 g/mol. The maximum Gasteiger partial charge on any atom is 0.256 e. The Morgan fingerprint density at radius 3 is 2.42 bits per heavy atom. The van der Waals surface area contributed by atoms with Gasteiger partial charge in [0.15, 0.2) is 0 Å². The average Bonchev–Trinajstić information content (AvgIpc) is 2.79. The molecule has 1 aliphatic rings. The fourth-order valence-electron chi connectivity index (χ4n) is 4.24. The molecule has 8 nitrogen and oxygen atoms in total. The van der Waals surface area contributed by atoms with Gasteiger partial charge < -0.3 is 9.80 Å². The van der Waals surface area contributed by atoms with E-state index in [4.69, 9.17) is 5.26 Å². The highest BCUT2D eigenvalue weighted by atomic mass is 32.2. The molecule has 33 heavy (non-hydrogen) atoms. The van der Waals surface area contributed by atoms with Crippen molar-refractivity contribution in [1.82, 2.24) is 14.2 Å². The Balaban J connectivity index is 1.78. The minimum atomic E-state index is -3.73. The van der Waals surface area contributed by atoms with Crippen LogP contribution >= 0.6 is 0 Å². The number of nitrogens with zero attached hydrogens (tertiary/aromatic N) is 5. The van der Waals surface area contributed by atoms with Crippen LogP contribution in [0.5, 0.6) is 0 Å². The van der Waals surface area contributed by atoms with Gasteiger partial charge in [-0.3, -0.25) is 4.79 Å². The van der Waals surface area contributed by atoms with Gasteiger partial charge in [-0.25, -0.2) is 13.4 Å². The molecule has 1 atom stereocenters. The minimum Gasteiger partial charge on any atom is -0.357 e. The molecule has 176 valence electrons. The second kappa shape index (κ2) is 9.89. The Morgan fingerprint density at radius 2 is 1.88 bits per heavy atom. The number of benzene rings is 1. The number of hydrogen-bond donors (Lipinski definition) is 0. The first-order chi connectivity index (χ1) is 15.6. The van der Waals surface area contributed by atoms with Gasteiger partial charge in [-0.1, -0.05) is 0 Å². The predicted octanol–water partition coefficient (Wildman–Crippen LogP) is 2.95. The molecular weight excluding hydrogens is 438 g/mol. The zero-order valence-electron chi connectivity index (χ0n) is 19.9. The molecule has 2 aromatic rings. The second-order valence-corrected chi connectivity index (χ2v) is 10.2. The number of carbonyl (C=O) groups excluding carboxylic acids is 1. The number of amides is 1. The van der Waals surface area contributed by atoms with E-state index in [0.717, 1.165) is 18.9 Å². The third-order valence-electron chi connectivity index (χ3n) is 6.16. The monoisotopic (exact) mass is 469 g/mol. The summed E-state index contributed by atoms with van der Waals surface area (Å²) < 4.78 is 27.9. The molecule has 2 heterocycles. The first-order valence-electron chi connectivity index (χ1n) is 11.2. The molecule has 0 spiro atoms. The number of rotatable bonds is 6. The highest BCUT2D eigenvalue weighted by Gasteiger charge is 2.35. The molecule has 1 aromatic carbocycles. The van der Waals surface area contributed by atoms with E-state index < -0.39 is 10.0 Å². The molecule has 1 fully saturated rings. The number of hydrogen-bond acceptors (Lipinski definition) is 6. The SMILES string of the molecule is CCN(CC)c1ccc(C(=O)N2CCN(S(=O)(=O)c3ccc(C#N)cc3C)C[C@@H]2C)c(C)n1. The van der Waals surface area contributed by atoms with Gasteiger partial charge >= 0.3 is 0 Å². The standard InChI is InChI=1S/C24H31N5O3S/c1-6-27(7-2)23-11-9-21(19(5)26-23)24(30)29-13-12-28(16-18(29)4)33(31,32)22-10-8-20(15-25)14-17(22)3/h8-11,14,18H,6-7,12-13,16H2,1-5H3/t18-/m0/s1. The summed E-state index contributed by atoms with van der Waals surface area (Å²) in [5, 5.41) is 9.05. The maximum absolute atomic E-state index is 13.3. The number of pyridine rings is 1. The lowest BCUT2D eigenvalue weighted by Crippen LogP contribution is -2.55. The van der Waals surface area contributed by atoms with Crippen molar-refractivity contribution in [3.63, 3.8) is 0 Å². The van der Waals surface area contributed by atoms with E-state index >= 15 is 0 Å². The van der Waals surface area contributed by atoms with Crippen LogP contribution in [0.4, 0.5) is 5.82 Å². The Morgan fingerprint density at radius 1 is 1.18 bits per heavy atom. The van der Waals surface area contributed by atoms with Gasteiger partial charge in [0.05, 0.1) is 27.8 Å². The number of sulfonamides is 1. The Bertz CT molecular complexity index is 1190. The van der Waals surface area contributed by atoms with E-state index in [1.165, 1.54) is 16.4 Å². The molecule has 1 aromatic heterocycles. The van der Waals surface area contributed by atoms with Crippen LogP contribution in [0.25, 0.3) is 0 Å². The zero-order chi connectivity index (χ0) is 24.3. The highest BCUT2D eigenvalue weighted by Crippen LogP contribution is 2.25. The summed E-state index contributed by atoms with van der Waals surface area (Å²) in [5.41, 5.74) is 2.17. The van der Waals surface area contributed by atoms with Gasteiger partial charge in [0.25, 0.3) is 5.91 Å². The summed E-state index contributed by atoms with van der Waals surface area (Å²) in [6, 6.07) is 9.99. The van der Waals surface area contributed by atoms with E-state index in [0.29, 0.717) is 28.9 Å². The van der Waals surface area contributed by atoms with Crippen LogP contribution in [0, 0.1) is 25.2 Å². The zero-order valence-corrected chi connectivity index (χ0v) is 20.7. The molecule has 0 bridgehead atoms. The van der Waals surface area contributed by atoms with Crippen molar-refractivity contribution in [2.75, 3.05) is 37.6 Å². The summed E-state index contributed by atoms with van der Waals surface area (Å²) in [5.74, 6) is 0.709. The molecule has 1 amide bonds. The first-order valence-corrected chi connectivity index (χ1v) is 12.6. The van der Waals surface area contributed by atoms with Crippen molar-refractivity contribution < 1.29 is 13.2 Å². The van der Waals surface area contributed by atoms with Gasteiger partial charge in [-0.05, 0) is 70.5 Å². The summed E-state index contributed by atoms with van der Waals surface area (Å²) >= 11 is 0. The van der Waals surface area contributed by atoms with Gasteiger partial charge in [-0.15, -0.1) is 0 Å². The lowest BCUT2D eigenvalue weighted by molar-refractivity contribution is 0.0590. The quantitative estimate of drug-likeness (QED) is 0.645. The lowest BCUT2D eigenvalue weighted by Gasteiger charge is -2.39. The fourth-order valence-corrected chi connectivity index (χ4v) is 5.96. The van der Waals surface area contributed by atoms with Crippen LogP contribution in [0.1, 0.15) is 48.0 Å². The predicted molar refractivity (Wildman–Crippen MR) is 128 cm³/mol. The van der Waals surface area contributed by atoms with Crippen LogP contribution < -0.4 is 4.90 Å². The van der Waals surface area contributed by atoms with Crippen molar-refractivity contribution in [3.8, 4) is 6.07 Å². The fraction of sp³-hybridized carbons (Fsp3) is 0.458. The molecule has 0 N–H and O–H groups in total. The number of piperazine rings is 1. The van der Waals surface area contributed by atoms with Crippen molar-refractivity contribution >= 4 is 21.7 Å². The van der Waals surface area contributed by atoms with Gasteiger partial charge in [-0.2, -0.15) is 9.57 Å². The topological polar surface area (TPSA) is 97.6 Å².